The monoisotopic (exact) mass is 402 g/mol. The van der Waals surface area contributed by atoms with Gasteiger partial charge >= 0.3 is 0 Å². The highest BCUT2D eigenvalue weighted by molar-refractivity contribution is 5.46. The number of nitrogens with zero attached hydrogens (tertiary/aromatic N) is 2. The minimum Gasteiger partial charge on any atom is -0.491 e. The van der Waals surface area contributed by atoms with E-state index in [0.29, 0.717) is 26.4 Å². The topological polar surface area (TPSA) is 45.2 Å². The molecule has 1 atom stereocenters. The zero-order valence-corrected chi connectivity index (χ0v) is 17.3. The molecule has 1 fully saturated rings. The zero-order chi connectivity index (χ0) is 20.6. The van der Waals surface area contributed by atoms with Crippen molar-refractivity contribution in [2.75, 3.05) is 57.4 Å². The quantitative estimate of drug-likeness (QED) is 0.654. The SMILES string of the molecule is Cc1cccc(C)c1OCCOC[C@H](O)CN1CCN(c2ccc(F)cc2)CC1. The second-order valence-corrected chi connectivity index (χ2v) is 7.56. The van der Waals surface area contributed by atoms with Crippen LogP contribution in [0.5, 0.6) is 5.75 Å². The van der Waals surface area contributed by atoms with E-state index in [2.05, 4.69) is 9.80 Å². The van der Waals surface area contributed by atoms with Crippen LogP contribution in [-0.2, 0) is 4.74 Å². The average molecular weight is 403 g/mol. The molecule has 0 aromatic heterocycles. The molecule has 5 nitrogen and oxygen atoms in total. The van der Waals surface area contributed by atoms with Crippen molar-refractivity contribution >= 4 is 5.69 Å². The lowest BCUT2D eigenvalue weighted by molar-refractivity contribution is 0.00707. The van der Waals surface area contributed by atoms with Crippen molar-refractivity contribution < 1.29 is 19.0 Å². The molecule has 0 spiro atoms. The Kier molecular flexibility index (Phi) is 7.86. The molecule has 2 aromatic carbocycles. The average Bonchev–Trinajstić information content (AvgIpc) is 2.71. The lowest BCUT2D eigenvalue weighted by Gasteiger charge is -2.36. The van der Waals surface area contributed by atoms with Gasteiger partial charge in [0.05, 0.1) is 19.3 Å². The second kappa shape index (κ2) is 10.6. The Balaban J connectivity index is 1.30. The van der Waals surface area contributed by atoms with Gasteiger partial charge < -0.3 is 19.5 Å². The fourth-order valence-corrected chi connectivity index (χ4v) is 3.64. The molecule has 29 heavy (non-hydrogen) atoms. The second-order valence-electron chi connectivity index (χ2n) is 7.56. The molecule has 1 N–H and O–H groups in total. The van der Waals surface area contributed by atoms with Gasteiger partial charge in [-0.1, -0.05) is 18.2 Å². The van der Waals surface area contributed by atoms with E-state index in [1.54, 1.807) is 0 Å². The minimum absolute atomic E-state index is 0.213. The number of hydrogen-bond acceptors (Lipinski definition) is 5. The van der Waals surface area contributed by atoms with Gasteiger partial charge in [0.25, 0.3) is 0 Å². The Hall–Kier alpha value is -2.15. The van der Waals surface area contributed by atoms with E-state index < -0.39 is 6.10 Å². The summed E-state index contributed by atoms with van der Waals surface area (Å²) in [5, 5.41) is 10.3. The van der Waals surface area contributed by atoms with Crippen molar-refractivity contribution in [3.05, 3.63) is 59.4 Å². The number of aliphatic hydroxyl groups excluding tert-OH is 1. The van der Waals surface area contributed by atoms with Gasteiger partial charge in [-0.2, -0.15) is 0 Å². The molecule has 1 aliphatic rings. The number of halogens is 1. The van der Waals surface area contributed by atoms with Crippen LogP contribution in [0.25, 0.3) is 0 Å². The first kappa shape index (κ1) is 21.6. The maximum Gasteiger partial charge on any atom is 0.125 e. The van der Waals surface area contributed by atoms with Crippen LogP contribution in [0, 0.1) is 19.7 Å². The zero-order valence-electron chi connectivity index (χ0n) is 17.3. The van der Waals surface area contributed by atoms with Gasteiger partial charge in [0, 0.05) is 38.4 Å². The highest BCUT2D eigenvalue weighted by Crippen LogP contribution is 2.22. The van der Waals surface area contributed by atoms with Gasteiger partial charge in [-0.25, -0.2) is 4.39 Å². The van der Waals surface area contributed by atoms with Gasteiger partial charge in [-0.05, 0) is 49.2 Å². The highest BCUT2D eigenvalue weighted by Gasteiger charge is 2.19. The standard InChI is InChI=1S/C23H31FN2O3/c1-18-4-3-5-19(2)23(18)29-15-14-28-17-22(27)16-25-10-12-26(13-11-25)21-8-6-20(24)7-9-21/h3-9,22,27H,10-17H2,1-2H3/t22-/m1/s1. The molecule has 1 aliphatic heterocycles. The molecule has 0 radical (unpaired) electrons. The molecular weight excluding hydrogens is 371 g/mol. The molecule has 1 saturated heterocycles. The van der Waals surface area contributed by atoms with Crippen molar-refractivity contribution in [3.63, 3.8) is 0 Å². The summed E-state index contributed by atoms with van der Waals surface area (Å²) < 4.78 is 24.5. The number of rotatable bonds is 9. The number of anilines is 1. The van der Waals surface area contributed by atoms with Crippen molar-refractivity contribution in [1.82, 2.24) is 4.90 Å². The summed E-state index contributed by atoms with van der Waals surface area (Å²) in [7, 11) is 0. The molecule has 0 amide bonds. The summed E-state index contributed by atoms with van der Waals surface area (Å²) in [4.78, 5) is 4.48. The number of benzene rings is 2. The Morgan fingerprint density at radius 2 is 1.62 bits per heavy atom. The Morgan fingerprint density at radius 1 is 0.966 bits per heavy atom. The van der Waals surface area contributed by atoms with E-state index in [9.17, 15) is 9.50 Å². The van der Waals surface area contributed by atoms with E-state index >= 15 is 0 Å². The van der Waals surface area contributed by atoms with Crippen molar-refractivity contribution in [3.8, 4) is 5.75 Å². The molecule has 0 bridgehead atoms. The molecule has 0 unspecified atom stereocenters. The van der Waals surface area contributed by atoms with E-state index in [1.807, 2.05) is 44.2 Å². The van der Waals surface area contributed by atoms with Gasteiger partial charge in [-0.3, -0.25) is 4.90 Å². The third-order valence-electron chi connectivity index (χ3n) is 5.23. The largest absolute Gasteiger partial charge is 0.491 e. The molecule has 2 aromatic rings. The Bertz CT molecular complexity index is 741. The molecule has 0 aliphatic carbocycles. The third-order valence-corrected chi connectivity index (χ3v) is 5.23. The first-order valence-corrected chi connectivity index (χ1v) is 10.2. The van der Waals surface area contributed by atoms with Gasteiger partial charge in [0.15, 0.2) is 0 Å². The first-order valence-electron chi connectivity index (χ1n) is 10.2. The summed E-state index contributed by atoms with van der Waals surface area (Å²) in [6.45, 7) is 9.33. The normalized spacial score (nSPS) is 16.1. The van der Waals surface area contributed by atoms with E-state index in [0.717, 1.165) is 48.7 Å². The van der Waals surface area contributed by atoms with Gasteiger partial charge in [0.2, 0.25) is 0 Å². The van der Waals surface area contributed by atoms with Gasteiger partial charge in [0.1, 0.15) is 18.2 Å². The molecule has 1 heterocycles. The lowest BCUT2D eigenvalue weighted by Crippen LogP contribution is -2.49. The van der Waals surface area contributed by atoms with E-state index in [-0.39, 0.29) is 5.82 Å². The number of hydrogen-bond donors (Lipinski definition) is 1. The summed E-state index contributed by atoms with van der Waals surface area (Å²) in [6.07, 6.45) is -0.521. The number of aliphatic hydroxyl groups is 1. The van der Waals surface area contributed by atoms with Crippen LogP contribution in [0.1, 0.15) is 11.1 Å². The van der Waals surface area contributed by atoms with E-state index in [1.165, 1.54) is 12.1 Å². The van der Waals surface area contributed by atoms with Crippen molar-refractivity contribution in [2.45, 2.75) is 20.0 Å². The maximum absolute atomic E-state index is 13.1. The number of aryl methyl sites for hydroxylation is 2. The molecule has 6 heteroatoms. The van der Waals surface area contributed by atoms with Gasteiger partial charge in [-0.15, -0.1) is 0 Å². The molecule has 158 valence electrons. The van der Waals surface area contributed by atoms with Crippen LogP contribution >= 0.6 is 0 Å². The lowest BCUT2D eigenvalue weighted by atomic mass is 10.1. The molecular formula is C23H31FN2O3. The summed E-state index contributed by atoms with van der Waals surface area (Å²) in [6, 6.07) is 12.7. The molecule has 0 saturated carbocycles. The van der Waals surface area contributed by atoms with Crippen molar-refractivity contribution in [2.24, 2.45) is 0 Å². The fourth-order valence-electron chi connectivity index (χ4n) is 3.64. The minimum atomic E-state index is -0.521. The summed E-state index contributed by atoms with van der Waals surface area (Å²) in [5.41, 5.74) is 3.27. The number of piperazine rings is 1. The van der Waals surface area contributed by atoms with Crippen LogP contribution in [0.3, 0.4) is 0 Å². The number of para-hydroxylation sites is 1. The van der Waals surface area contributed by atoms with Crippen LogP contribution in [-0.4, -0.2) is 68.7 Å². The predicted molar refractivity (Wildman–Crippen MR) is 113 cm³/mol. The first-order chi connectivity index (χ1) is 14.0. The maximum atomic E-state index is 13.1. The Morgan fingerprint density at radius 3 is 2.28 bits per heavy atom. The van der Waals surface area contributed by atoms with Crippen LogP contribution in [0.2, 0.25) is 0 Å². The van der Waals surface area contributed by atoms with E-state index in [4.69, 9.17) is 9.47 Å². The van der Waals surface area contributed by atoms with Crippen LogP contribution in [0.15, 0.2) is 42.5 Å². The Labute approximate surface area is 172 Å². The smallest absolute Gasteiger partial charge is 0.125 e. The van der Waals surface area contributed by atoms with Crippen LogP contribution < -0.4 is 9.64 Å². The number of ether oxygens (including phenoxy) is 2. The van der Waals surface area contributed by atoms with Crippen molar-refractivity contribution in [1.29, 1.82) is 0 Å². The summed E-state index contributed by atoms with van der Waals surface area (Å²) in [5.74, 6) is 0.700. The number of β-amino-alcohol motifs (C(OH)–C–C–N with tert-alkyl or cyclic N) is 1. The third kappa shape index (κ3) is 6.42. The predicted octanol–water partition coefficient (Wildman–Crippen LogP) is 3.02. The highest BCUT2D eigenvalue weighted by atomic mass is 19.1. The summed E-state index contributed by atoms with van der Waals surface area (Å²) >= 11 is 0. The molecule has 3 rings (SSSR count). The fraction of sp³-hybridized carbons (Fsp3) is 0.478. The van der Waals surface area contributed by atoms with Crippen LogP contribution in [0.4, 0.5) is 10.1 Å².